The number of β-amino-alcohol motifs (C(OH)–C–C–N with tert-alkyl or cyclic N) is 4. The minimum atomic E-state index is -3.74. The SMILES string of the molecule is NS(=O)(=O)[C@@H]1C[C@@H](O)CN(c2ncc(F)cn2)C1.NS(=O)(=O)[C@@H]1C[C@H](O)CN(c2ncc(F)cn2)C1.NS(=O)(=O)[C@H]1C[C@@H](O)CN(c2ncc(F)cn2)C1.NS(=O)(=O)[C@H]1C[C@H](O)CN(c2ncc(F)cn2)C1. The van der Waals surface area contributed by atoms with Crippen LogP contribution in [0, 0.1) is 23.3 Å². The van der Waals surface area contributed by atoms with E-state index < -0.39 is 109 Å². The zero-order chi connectivity index (χ0) is 53.3. The molecule has 8 atom stereocenters. The molecule has 0 amide bonds. The summed E-state index contributed by atoms with van der Waals surface area (Å²) in [5.74, 6) is -1.66. The van der Waals surface area contributed by atoms with E-state index in [-0.39, 0.29) is 102 Å². The van der Waals surface area contributed by atoms with Crippen molar-refractivity contribution in [1.29, 1.82) is 0 Å². The summed E-state index contributed by atoms with van der Waals surface area (Å²) >= 11 is 0. The lowest BCUT2D eigenvalue weighted by Crippen LogP contribution is -2.50. The largest absolute Gasteiger partial charge is 0.391 e. The Morgan fingerprint density at radius 2 is 0.500 bits per heavy atom. The molecule has 12 N–H and O–H groups in total. The van der Waals surface area contributed by atoms with Gasteiger partial charge in [0.1, 0.15) is 0 Å². The van der Waals surface area contributed by atoms with E-state index in [2.05, 4.69) is 39.9 Å². The van der Waals surface area contributed by atoms with E-state index in [0.29, 0.717) is 0 Å². The van der Waals surface area contributed by atoms with Gasteiger partial charge in [0.2, 0.25) is 63.9 Å². The molecule has 72 heavy (non-hydrogen) atoms. The van der Waals surface area contributed by atoms with E-state index in [0.717, 1.165) is 49.6 Å². The molecule has 0 saturated carbocycles. The van der Waals surface area contributed by atoms with Crippen LogP contribution in [0.15, 0.2) is 49.6 Å². The summed E-state index contributed by atoms with van der Waals surface area (Å²) in [6.45, 7) is 1.11. The van der Waals surface area contributed by atoms with Gasteiger partial charge in [-0.15, -0.1) is 0 Å². The highest BCUT2D eigenvalue weighted by atomic mass is 32.2. The van der Waals surface area contributed by atoms with Gasteiger partial charge in [-0.05, 0) is 25.7 Å². The number of aliphatic hydroxyl groups is 4. The van der Waals surface area contributed by atoms with Gasteiger partial charge in [0.15, 0.2) is 23.3 Å². The Morgan fingerprint density at radius 3 is 0.639 bits per heavy atom. The highest BCUT2D eigenvalue weighted by Crippen LogP contribution is 2.23. The fourth-order valence-corrected chi connectivity index (χ4v) is 11.1. The molecule has 4 aliphatic rings. The first kappa shape index (κ1) is 57.6. The van der Waals surface area contributed by atoms with Crippen molar-refractivity contribution in [2.75, 3.05) is 72.0 Å². The average molecular weight is 1110 g/mol. The van der Waals surface area contributed by atoms with E-state index in [1.807, 2.05) is 0 Å². The second-order valence-electron chi connectivity index (χ2n) is 16.8. The molecule has 36 heteroatoms. The topological polar surface area (TPSA) is 438 Å². The van der Waals surface area contributed by atoms with Crippen molar-refractivity contribution in [3.63, 3.8) is 0 Å². The maximum absolute atomic E-state index is 12.7. The molecular formula is C36H52F4N16O12S4. The minimum absolute atomic E-state index is 0.0799. The molecule has 4 aromatic heterocycles. The fourth-order valence-electron chi connectivity index (χ4n) is 7.59. The predicted molar refractivity (Wildman–Crippen MR) is 247 cm³/mol. The van der Waals surface area contributed by atoms with Crippen molar-refractivity contribution in [3.05, 3.63) is 72.8 Å². The third kappa shape index (κ3) is 17.4. The molecular weight excluding hydrogens is 1050 g/mol. The minimum Gasteiger partial charge on any atom is -0.391 e. The predicted octanol–water partition coefficient (Wildman–Crippen LogP) is -4.62. The van der Waals surface area contributed by atoms with Crippen molar-refractivity contribution in [2.45, 2.75) is 71.1 Å². The third-order valence-electron chi connectivity index (χ3n) is 11.0. The Kier molecular flexibility index (Phi) is 19.3. The van der Waals surface area contributed by atoms with Crippen LogP contribution in [0.2, 0.25) is 0 Å². The Labute approximate surface area is 410 Å². The van der Waals surface area contributed by atoms with Gasteiger partial charge < -0.3 is 40.0 Å². The number of hydrogen-bond acceptors (Lipinski definition) is 24. The van der Waals surface area contributed by atoms with Crippen molar-refractivity contribution in [2.24, 2.45) is 20.6 Å². The number of hydrogen-bond donors (Lipinski definition) is 8. The van der Waals surface area contributed by atoms with E-state index in [1.165, 1.54) is 19.6 Å². The molecule has 0 aliphatic carbocycles. The molecule has 0 aromatic carbocycles. The molecule has 4 fully saturated rings. The van der Waals surface area contributed by atoms with E-state index >= 15 is 0 Å². The van der Waals surface area contributed by atoms with Crippen LogP contribution in [0.1, 0.15) is 25.7 Å². The second-order valence-corrected chi connectivity index (χ2v) is 24.2. The maximum atomic E-state index is 12.7. The standard InChI is InChI=1S/4C9H13FN4O3S/c4*10-6-2-12-9(13-3-6)14-4-7(15)1-8(5-14)18(11,16)17/h4*2-3,7-8,15H,1,4-5H2,(H2,11,16,17)/t2*7-,8+;2*7-,8-/m1010/s1. The van der Waals surface area contributed by atoms with Crippen molar-refractivity contribution in [3.8, 4) is 0 Å². The molecule has 0 radical (unpaired) electrons. The molecule has 0 unspecified atom stereocenters. The first-order valence-electron chi connectivity index (χ1n) is 21.1. The smallest absolute Gasteiger partial charge is 0.225 e. The van der Waals surface area contributed by atoms with E-state index in [9.17, 15) is 71.7 Å². The zero-order valence-corrected chi connectivity index (χ0v) is 40.9. The van der Waals surface area contributed by atoms with Gasteiger partial charge in [0, 0.05) is 52.4 Å². The normalized spacial score (nSPS) is 25.2. The summed E-state index contributed by atoms with van der Waals surface area (Å²) < 4.78 is 141. The van der Waals surface area contributed by atoms with Crippen LogP contribution in [-0.4, -0.2) is 192 Å². The summed E-state index contributed by atoms with van der Waals surface area (Å²) in [6.07, 6.45) is 4.82. The van der Waals surface area contributed by atoms with Crippen molar-refractivity contribution >= 4 is 63.9 Å². The lowest BCUT2D eigenvalue weighted by molar-refractivity contribution is 0.154. The number of primary sulfonamides is 4. The summed E-state index contributed by atoms with van der Waals surface area (Å²) in [4.78, 5) is 35.9. The Hall–Kier alpha value is -5.28. The van der Waals surface area contributed by atoms with Crippen LogP contribution in [0.4, 0.5) is 41.4 Å². The number of piperidine rings is 4. The van der Waals surface area contributed by atoms with Gasteiger partial charge in [-0.1, -0.05) is 0 Å². The summed E-state index contributed by atoms with van der Waals surface area (Å²) in [7, 11) is -15.0. The summed E-state index contributed by atoms with van der Waals surface area (Å²) in [5.41, 5.74) is 0. The van der Waals surface area contributed by atoms with E-state index in [4.69, 9.17) is 20.6 Å². The Bertz CT molecular complexity index is 2470. The van der Waals surface area contributed by atoms with Crippen LogP contribution in [0.5, 0.6) is 0 Å². The second kappa shape index (κ2) is 24.2. The number of anilines is 4. The number of aromatic nitrogens is 8. The quantitative estimate of drug-likeness (QED) is 0.0769. The van der Waals surface area contributed by atoms with Crippen molar-refractivity contribution in [1.82, 2.24) is 39.9 Å². The molecule has 4 aromatic rings. The monoisotopic (exact) mass is 1100 g/mol. The van der Waals surface area contributed by atoms with Crippen LogP contribution >= 0.6 is 0 Å². The molecule has 8 rings (SSSR count). The molecule has 28 nitrogen and oxygen atoms in total. The molecule has 400 valence electrons. The first-order valence-corrected chi connectivity index (χ1v) is 27.6. The van der Waals surface area contributed by atoms with Gasteiger partial charge in [0.05, 0.1) is 95.0 Å². The number of aliphatic hydroxyl groups excluding tert-OH is 4. The zero-order valence-electron chi connectivity index (χ0n) is 37.6. The number of halogens is 4. The van der Waals surface area contributed by atoms with Gasteiger partial charge in [-0.3, -0.25) is 0 Å². The van der Waals surface area contributed by atoms with Crippen LogP contribution < -0.4 is 40.2 Å². The van der Waals surface area contributed by atoms with Crippen LogP contribution in [-0.2, 0) is 40.1 Å². The highest BCUT2D eigenvalue weighted by Gasteiger charge is 2.37. The number of nitrogens with two attached hydrogens (primary N) is 4. The lowest BCUT2D eigenvalue weighted by atomic mass is 10.1. The lowest BCUT2D eigenvalue weighted by Gasteiger charge is -2.34. The Morgan fingerprint density at radius 1 is 0.347 bits per heavy atom. The number of nitrogens with zero attached hydrogens (tertiary/aromatic N) is 12. The third-order valence-corrected chi connectivity index (χ3v) is 16.1. The highest BCUT2D eigenvalue weighted by molar-refractivity contribution is 7.90. The number of sulfonamides is 4. The van der Waals surface area contributed by atoms with E-state index in [1.54, 1.807) is 0 Å². The molecule has 4 saturated heterocycles. The molecule has 0 bridgehead atoms. The molecule has 8 heterocycles. The van der Waals surface area contributed by atoms with Gasteiger partial charge in [-0.2, -0.15) is 0 Å². The van der Waals surface area contributed by atoms with Crippen molar-refractivity contribution < 1.29 is 71.7 Å². The average Bonchev–Trinajstić information content (AvgIpc) is 3.29. The molecule has 4 aliphatic heterocycles. The maximum Gasteiger partial charge on any atom is 0.225 e. The summed E-state index contributed by atoms with van der Waals surface area (Å²) in [6, 6.07) is 0. The summed E-state index contributed by atoms with van der Waals surface area (Å²) in [5, 5.41) is 55.3. The van der Waals surface area contributed by atoms with Gasteiger partial charge in [0.25, 0.3) is 0 Å². The Balaban J connectivity index is 0.000000178. The van der Waals surface area contributed by atoms with Crippen LogP contribution in [0.25, 0.3) is 0 Å². The van der Waals surface area contributed by atoms with Gasteiger partial charge >= 0.3 is 0 Å². The van der Waals surface area contributed by atoms with Crippen LogP contribution in [0.3, 0.4) is 0 Å². The fraction of sp³-hybridized carbons (Fsp3) is 0.556. The van der Waals surface area contributed by atoms with Gasteiger partial charge in [-0.25, -0.2) is 112 Å². The molecule has 0 spiro atoms. The first-order chi connectivity index (χ1) is 33.4. The number of rotatable bonds is 8.